The third-order valence-corrected chi connectivity index (χ3v) is 4.53. The summed E-state index contributed by atoms with van der Waals surface area (Å²) in [6, 6.07) is 14.3. The minimum absolute atomic E-state index is 0.167. The van der Waals surface area contributed by atoms with Crippen LogP contribution in [0, 0.1) is 0 Å². The third kappa shape index (κ3) is 3.65. The Labute approximate surface area is 130 Å². The van der Waals surface area contributed by atoms with E-state index in [2.05, 4.69) is 28.5 Å². The van der Waals surface area contributed by atoms with Gasteiger partial charge in [0.05, 0.1) is 0 Å². The highest BCUT2D eigenvalue weighted by Gasteiger charge is 2.02. The van der Waals surface area contributed by atoms with Gasteiger partial charge in [0.2, 0.25) is 5.91 Å². The van der Waals surface area contributed by atoms with E-state index in [1.165, 1.54) is 27.9 Å². The molecule has 21 heavy (non-hydrogen) atoms. The van der Waals surface area contributed by atoms with Gasteiger partial charge in [0.15, 0.2) is 5.13 Å². The van der Waals surface area contributed by atoms with E-state index in [0.29, 0.717) is 5.13 Å². The van der Waals surface area contributed by atoms with Gasteiger partial charge in [-0.2, -0.15) is 0 Å². The first-order valence-electron chi connectivity index (χ1n) is 6.35. The van der Waals surface area contributed by atoms with Crippen molar-refractivity contribution >= 4 is 39.8 Å². The molecule has 1 aromatic carbocycles. The second-order valence-electron chi connectivity index (χ2n) is 4.23. The average Bonchev–Trinajstić information content (AvgIpc) is 3.17. The standard InChI is InChI=1S/C16H12N2OS2/c19-15(18-16-17-10-11-20-16)9-7-13-6-8-14(21-13)12-4-2-1-3-5-12/h1-11H,(H,17,18,19). The average molecular weight is 312 g/mol. The van der Waals surface area contributed by atoms with Crippen LogP contribution in [-0.2, 0) is 4.79 Å². The molecule has 0 unspecified atom stereocenters. The molecular weight excluding hydrogens is 300 g/mol. The molecule has 5 heteroatoms. The van der Waals surface area contributed by atoms with E-state index in [9.17, 15) is 4.79 Å². The largest absolute Gasteiger partial charge is 0.298 e. The van der Waals surface area contributed by atoms with E-state index in [0.717, 1.165) is 4.88 Å². The quantitative estimate of drug-likeness (QED) is 0.719. The highest BCUT2D eigenvalue weighted by molar-refractivity contribution is 7.16. The molecule has 0 saturated carbocycles. The molecule has 1 amide bonds. The topological polar surface area (TPSA) is 42.0 Å². The van der Waals surface area contributed by atoms with Crippen molar-refractivity contribution in [3.05, 3.63) is 65.0 Å². The van der Waals surface area contributed by atoms with Gasteiger partial charge in [0.1, 0.15) is 0 Å². The Kier molecular flexibility index (Phi) is 4.23. The van der Waals surface area contributed by atoms with Crippen LogP contribution in [0.15, 0.2) is 60.1 Å². The molecule has 3 nitrogen and oxygen atoms in total. The number of rotatable bonds is 4. The van der Waals surface area contributed by atoms with E-state index >= 15 is 0 Å². The molecule has 1 N–H and O–H groups in total. The van der Waals surface area contributed by atoms with E-state index in [1.807, 2.05) is 35.7 Å². The highest BCUT2D eigenvalue weighted by Crippen LogP contribution is 2.28. The minimum Gasteiger partial charge on any atom is -0.298 e. The summed E-state index contributed by atoms with van der Waals surface area (Å²) in [5.74, 6) is -0.167. The van der Waals surface area contributed by atoms with Crippen LogP contribution >= 0.6 is 22.7 Å². The van der Waals surface area contributed by atoms with Gasteiger partial charge in [-0.05, 0) is 23.8 Å². The number of nitrogens with zero attached hydrogens (tertiary/aromatic N) is 1. The molecule has 0 spiro atoms. The van der Waals surface area contributed by atoms with Crippen LogP contribution in [0.25, 0.3) is 16.5 Å². The number of thiophene rings is 1. The lowest BCUT2D eigenvalue weighted by Gasteiger charge is -1.95. The summed E-state index contributed by atoms with van der Waals surface area (Å²) in [6.45, 7) is 0. The maximum absolute atomic E-state index is 11.7. The Morgan fingerprint density at radius 1 is 1.14 bits per heavy atom. The van der Waals surface area contributed by atoms with Crippen LogP contribution in [-0.4, -0.2) is 10.9 Å². The van der Waals surface area contributed by atoms with Gasteiger partial charge >= 0.3 is 0 Å². The summed E-state index contributed by atoms with van der Waals surface area (Å²) in [5, 5.41) is 5.15. The van der Waals surface area contributed by atoms with Gasteiger partial charge < -0.3 is 0 Å². The Balaban J connectivity index is 1.67. The molecular formula is C16H12N2OS2. The Morgan fingerprint density at radius 2 is 2.00 bits per heavy atom. The van der Waals surface area contributed by atoms with Crippen molar-refractivity contribution in [1.29, 1.82) is 0 Å². The molecule has 2 aromatic heterocycles. The first kappa shape index (κ1) is 13.7. The molecule has 2 heterocycles. The maximum Gasteiger partial charge on any atom is 0.250 e. The normalized spacial score (nSPS) is 10.9. The molecule has 0 radical (unpaired) electrons. The minimum atomic E-state index is -0.167. The number of carbonyl (C=O) groups excluding carboxylic acids is 1. The van der Waals surface area contributed by atoms with Crippen LogP contribution < -0.4 is 5.32 Å². The Bertz CT molecular complexity index is 746. The molecule has 3 aromatic rings. The summed E-state index contributed by atoms with van der Waals surface area (Å²) < 4.78 is 0. The Morgan fingerprint density at radius 3 is 2.76 bits per heavy atom. The number of aromatic nitrogens is 1. The zero-order valence-corrected chi connectivity index (χ0v) is 12.7. The zero-order valence-electron chi connectivity index (χ0n) is 11.0. The van der Waals surface area contributed by atoms with Crippen molar-refractivity contribution in [3.8, 4) is 10.4 Å². The van der Waals surface area contributed by atoms with Gasteiger partial charge in [-0.15, -0.1) is 22.7 Å². The van der Waals surface area contributed by atoms with Crippen molar-refractivity contribution in [1.82, 2.24) is 4.98 Å². The van der Waals surface area contributed by atoms with Crippen molar-refractivity contribution in [2.75, 3.05) is 5.32 Å². The molecule has 0 aliphatic carbocycles. The van der Waals surface area contributed by atoms with Crippen LogP contribution in [0.3, 0.4) is 0 Å². The Hall–Kier alpha value is -2.24. The number of hydrogen-bond acceptors (Lipinski definition) is 4. The molecule has 0 fully saturated rings. The van der Waals surface area contributed by atoms with Crippen LogP contribution in [0.2, 0.25) is 0 Å². The van der Waals surface area contributed by atoms with Gasteiger partial charge in [-0.1, -0.05) is 30.3 Å². The summed E-state index contributed by atoms with van der Waals surface area (Å²) in [5.41, 5.74) is 1.19. The number of carbonyl (C=O) groups is 1. The van der Waals surface area contributed by atoms with E-state index in [-0.39, 0.29) is 5.91 Å². The number of anilines is 1. The third-order valence-electron chi connectivity index (χ3n) is 2.75. The van der Waals surface area contributed by atoms with Crippen LogP contribution in [0.1, 0.15) is 4.88 Å². The van der Waals surface area contributed by atoms with Crippen LogP contribution in [0.5, 0.6) is 0 Å². The fourth-order valence-corrected chi connectivity index (χ4v) is 3.24. The van der Waals surface area contributed by atoms with E-state index < -0.39 is 0 Å². The van der Waals surface area contributed by atoms with E-state index in [1.54, 1.807) is 17.5 Å². The molecule has 104 valence electrons. The van der Waals surface area contributed by atoms with Crippen molar-refractivity contribution in [2.45, 2.75) is 0 Å². The first-order chi connectivity index (χ1) is 10.3. The summed E-state index contributed by atoms with van der Waals surface area (Å²) in [7, 11) is 0. The second-order valence-corrected chi connectivity index (χ2v) is 6.24. The number of amides is 1. The number of nitrogens with one attached hydrogen (secondary N) is 1. The van der Waals surface area contributed by atoms with E-state index in [4.69, 9.17) is 0 Å². The zero-order chi connectivity index (χ0) is 14.5. The monoisotopic (exact) mass is 312 g/mol. The highest BCUT2D eigenvalue weighted by atomic mass is 32.1. The second kappa shape index (κ2) is 6.47. The van der Waals surface area contributed by atoms with Gasteiger partial charge in [-0.25, -0.2) is 4.98 Å². The van der Waals surface area contributed by atoms with Gasteiger partial charge in [-0.3, -0.25) is 10.1 Å². The van der Waals surface area contributed by atoms with Gasteiger partial charge in [0, 0.05) is 27.4 Å². The lowest BCUT2D eigenvalue weighted by atomic mass is 10.2. The van der Waals surface area contributed by atoms with Crippen molar-refractivity contribution < 1.29 is 4.79 Å². The smallest absolute Gasteiger partial charge is 0.250 e. The van der Waals surface area contributed by atoms with Gasteiger partial charge in [0.25, 0.3) is 0 Å². The molecule has 0 bridgehead atoms. The van der Waals surface area contributed by atoms with Crippen molar-refractivity contribution in [3.63, 3.8) is 0 Å². The molecule has 0 aliphatic heterocycles. The lowest BCUT2D eigenvalue weighted by Crippen LogP contribution is -2.06. The number of benzene rings is 1. The maximum atomic E-state index is 11.7. The predicted octanol–water partition coefficient (Wildman–Crippen LogP) is 4.52. The predicted molar refractivity (Wildman–Crippen MR) is 89.5 cm³/mol. The first-order valence-corrected chi connectivity index (χ1v) is 8.05. The summed E-state index contributed by atoms with van der Waals surface area (Å²) >= 11 is 3.06. The molecule has 0 atom stereocenters. The fraction of sp³-hybridized carbons (Fsp3) is 0. The molecule has 0 aliphatic rings. The summed E-state index contributed by atoms with van der Waals surface area (Å²) in [4.78, 5) is 18.0. The molecule has 0 saturated heterocycles. The lowest BCUT2D eigenvalue weighted by molar-refractivity contribution is -0.111. The van der Waals surface area contributed by atoms with Crippen LogP contribution in [0.4, 0.5) is 5.13 Å². The van der Waals surface area contributed by atoms with Crippen molar-refractivity contribution in [2.24, 2.45) is 0 Å². The summed E-state index contributed by atoms with van der Waals surface area (Å²) in [6.07, 6.45) is 5.01. The molecule has 3 rings (SSSR count). The number of hydrogen-bond donors (Lipinski definition) is 1. The fourth-order valence-electron chi connectivity index (χ4n) is 1.79. The SMILES string of the molecule is O=C(C=Cc1ccc(-c2ccccc2)s1)Nc1nccs1. The number of thiazole rings is 1.